The van der Waals surface area contributed by atoms with Gasteiger partial charge in [0, 0.05) is 11.8 Å². The molecule has 2 aromatic carbocycles. The van der Waals surface area contributed by atoms with Gasteiger partial charge in [-0.05, 0) is 61.2 Å². The lowest BCUT2D eigenvalue weighted by atomic mass is 9.85. The Morgan fingerprint density at radius 3 is 2.03 bits per heavy atom. The summed E-state index contributed by atoms with van der Waals surface area (Å²) >= 11 is 1.94. The Bertz CT molecular complexity index is 954. The van der Waals surface area contributed by atoms with Crippen LogP contribution in [0.4, 0.5) is 30.7 Å². The van der Waals surface area contributed by atoms with Gasteiger partial charge < -0.3 is 4.74 Å². The van der Waals surface area contributed by atoms with Gasteiger partial charge in [-0.25, -0.2) is 4.39 Å². The number of carbonyl (C=O) groups excluding carboxylic acids is 1. The summed E-state index contributed by atoms with van der Waals surface area (Å²) in [7, 11) is 0. The zero-order valence-electron chi connectivity index (χ0n) is 17.3. The number of ether oxygens (including phenoxy) is 1. The van der Waals surface area contributed by atoms with Gasteiger partial charge in [-0.15, -0.1) is 0 Å². The Hall–Kier alpha value is -1.69. The maximum Gasteiger partial charge on any atom is 0.416 e. The smallest absolute Gasteiger partial charge is 0.370 e. The molecule has 3 rings (SSSR count). The second kappa shape index (κ2) is 9.89. The van der Waals surface area contributed by atoms with Crippen LogP contribution >= 0.6 is 22.6 Å². The molecule has 0 saturated heterocycles. The quantitative estimate of drug-likeness (QED) is 0.199. The predicted molar refractivity (Wildman–Crippen MR) is 115 cm³/mol. The Morgan fingerprint density at radius 2 is 1.55 bits per heavy atom. The van der Waals surface area contributed by atoms with E-state index in [4.69, 9.17) is 4.74 Å². The van der Waals surface area contributed by atoms with Crippen molar-refractivity contribution in [3.63, 3.8) is 0 Å². The summed E-state index contributed by atoms with van der Waals surface area (Å²) in [4.78, 5) is 12.5. The van der Waals surface area contributed by atoms with Gasteiger partial charge >= 0.3 is 12.4 Å². The number of alkyl halides is 7. The molecule has 10 heteroatoms. The third kappa shape index (κ3) is 6.06. The molecule has 0 amide bonds. The van der Waals surface area contributed by atoms with E-state index in [1.807, 2.05) is 22.6 Å². The number of benzene rings is 2. The number of halogens is 8. The zero-order chi connectivity index (χ0) is 24.6. The van der Waals surface area contributed by atoms with Crippen molar-refractivity contribution < 1.29 is 40.3 Å². The molecular formula is C23H20F7IO2. The third-order valence-corrected chi connectivity index (χ3v) is 6.61. The number of ketones is 1. The zero-order valence-corrected chi connectivity index (χ0v) is 19.5. The fraction of sp³-hybridized carbons (Fsp3) is 0.435. The first-order valence-corrected chi connectivity index (χ1v) is 11.6. The molecule has 0 spiro atoms. The van der Waals surface area contributed by atoms with Crippen LogP contribution in [0.5, 0.6) is 0 Å². The summed E-state index contributed by atoms with van der Waals surface area (Å²) in [5, 5.41) is 0. The van der Waals surface area contributed by atoms with Gasteiger partial charge in [0.1, 0.15) is 11.6 Å². The summed E-state index contributed by atoms with van der Waals surface area (Å²) in [6, 6.07) is 6.88. The number of carbonyl (C=O) groups is 1. The number of Topliss-reactive ketones (excluding diaryl/α,β-unsaturated/α-hetero) is 1. The van der Waals surface area contributed by atoms with Crippen molar-refractivity contribution >= 4 is 28.4 Å². The van der Waals surface area contributed by atoms with Gasteiger partial charge in [-0.2, -0.15) is 26.3 Å². The van der Waals surface area contributed by atoms with Crippen molar-refractivity contribution in [3.8, 4) is 0 Å². The highest BCUT2D eigenvalue weighted by atomic mass is 127. The van der Waals surface area contributed by atoms with E-state index in [-0.39, 0.29) is 21.8 Å². The lowest BCUT2D eigenvalue weighted by molar-refractivity contribution is -0.143. The van der Waals surface area contributed by atoms with Gasteiger partial charge in [0.15, 0.2) is 0 Å². The molecule has 0 N–H and O–H groups in total. The van der Waals surface area contributed by atoms with Crippen LogP contribution in [0.3, 0.4) is 0 Å². The highest BCUT2D eigenvalue weighted by molar-refractivity contribution is 14.1. The molecule has 2 aromatic rings. The minimum atomic E-state index is -4.96. The maximum atomic E-state index is 13.4. The van der Waals surface area contributed by atoms with E-state index in [0.717, 1.165) is 0 Å². The van der Waals surface area contributed by atoms with Crippen molar-refractivity contribution in [2.24, 2.45) is 5.92 Å². The van der Waals surface area contributed by atoms with Crippen LogP contribution < -0.4 is 0 Å². The van der Waals surface area contributed by atoms with Crippen molar-refractivity contribution in [1.82, 2.24) is 0 Å². The largest absolute Gasteiger partial charge is 0.416 e. The van der Waals surface area contributed by atoms with Crippen molar-refractivity contribution in [1.29, 1.82) is 0 Å². The standard InChI is InChI=1S/C23H20F7IO2/c1-12(14-8-15(22(25,26)27)10-16(9-14)23(28,29)30)33-20-7-6-18(19(32)11-31)21(20)13-2-4-17(24)5-3-13/h2-5,8-10,12,18,20-21H,6-7,11H2,1H3/t12?,18?,20-,21?/m0/s1. The third-order valence-electron chi connectivity index (χ3n) is 5.85. The summed E-state index contributed by atoms with van der Waals surface area (Å²) in [5.74, 6) is -1.43. The number of hydrogen-bond donors (Lipinski definition) is 0. The minimum Gasteiger partial charge on any atom is -0.370 e. The Balaban J connectivity index is 1.94. The molecule has 0 heterocycles. The Kier molecular flexibility index (Phi) is 7.77. The van der Waals surface area contributed by atoms with E-state index in [1.165, 1.54) is 31.2 Å². The lowest BCUT2D eigenvalue weighted by Crippen LogP contribution is -2.27. The Labute approximate surface area is 199 Å². The van der Waals surface area contributed by atoms with E-state index in [1.54, 1.807) is 0 Å². The fourth-order valence-corrected chi connectivity index (χ4v) is 4.83. The summed E-state index contributed by atoms with van der Waals surface area (Å²) in [6.45, 7) is 1.38. The normalized spacial score (nSPS) is 22.4. The fourth-order valence-electron chi connectivity index (χ4n) is 4.26. The first-order chi connectivity index (χ1) is 15.3. The van der Waals surface area contributed by atoms with Gasteiger partial charge in [-0.1, -0.05) is 34.7 Å². The van der Waals surface area contributed by atoms with Crippen molar-refractivity contribution in [2.75, 3.05) is 4.43 Å². The molecule has 0 aromatic heterocycles. The van der Waals surface area contributed by atoms with E-state index in [2.05, 4.69) is 0 Å². The summed E-state index contributed by atoms with van der Waals surface area (Å²) in [6.07, 6.45) is -10.8. The van der Waals surface area contributed by atoms with Crippen LogP contribution in [-0.4, -0.2) is 16.3 Å². The van der Waals surface area contributed by atoms with Crippen molar-refractivity contribution in [2.45, 2.75) is 50.2 Å². The highest BCUT2D eigenvalue weighted by Gasteiger charge is 2.42. The second-order valence-electron chi connectivity index (χ2n) is 8.02. The lowest BCUT2D eigenvalue weighted by Gasteiger charge is -2.28. The predicted octanol–water partition coefficient (Wildman–Crippen LogP) is 7.51. The van der Waals surface area contributed by atoms with Crippen LogP contribution in [-0.2, 0) is 21.9 Å². The molecule has 2 nitrogen and oxygen atoms in total. The van der Waals surface area contributed by atoms with E-state index in [0.29, 0.717) is 30.5 Å². The van der Waals surface area contributed by atoms with Crippen LogP contribution in [0.1, 0.15) is 54.0 Å². The number of hydrogen-bond acceptors (Lipinski definition) is 2. The van der Waals surface area contributed by atoms with Crippen LogP contribution in [0.2, 0.25) is 0 Å². The SMILES string of the molecule is CC(O[C@H]1CCC(C(=O)CI)C1c1ccc(F)cc1)c1cc(C(F)(F)F)cc(C(F)(F)F)c1. The average Bonchev–Trinajstić information content (AvgIpc) is 3.15. The topological polar surface area (TPSA) is 26.3 Å². The molecule has 0 bridgehead atoms. The van der Waals surface area contributed by atoms with Crippen LogP contribution in [0.25, 0.3) is 0 Å². The monoisotopic (exact) mass is 588 g/mol. The average molecular weight is 588 g/mol. The molecule has 33 heavy (non-hydrogen) atoms. The van der Waals surface area contributed by atoms with Crippen LogP contribution in [0.15, 0.2) is 42.5 Å². The molecule has 180 valence electrons. The highest BCUT2D eigenvalue weighted by Crippen LogP contribution is 2.45. The first kappa shape index (κ1) is 25.9. The summed E-state index contributed by atoms with van der Waals surface area (Å²) in [5.41, 5.74) is -2.46. The molecule has 1 aliphatic carbocycles. The maximum absolute atomic E-state index is 13.4. The molecule has 1 saturated carbocycles. The molecule has 0 aliphatic heterocycles. The molecular weight excluding hydrogens is 568 g/mol. The first-order valence-electron chi connectivity index (χ1n) is 10.1. The number of rotatable bonds is 6. The van der Waals surface area contributed by atoms with Crippen molar-refractivity contribution in [3.05, 3.63) is 70.5 Å². The Morgan fingerprint density at radius 1 is 1.00 bits per heavy atom. The van der Waals surface area contributed by atoms with E-state index >= 15 is 0 Å². The molecule has 0 radical (unpaired) electrons. The second-order valence-corrected chi connectivity index (χ2v) is 8.78. The van der Waals surface area contributed by atoms with Gasteiger partial charge in [0.2, 0.25) is 0 Å². The van der Waals surface area contributed by atoms with Gasteiger partial charge in [0.25, 0.3) is 0 Å². The molecule has 1 aliphatic rings. The summed E-state index contributed by atoms with van der Waals surface area (Å²) < 4.78 is 99.0. The van der Waals surface area contributed by atoms with Crippen LogP contribution in [0, 0.1) is 11.7 Å². The minimum absolute atomic E-state index is 0.0397. The van der Waals surface area contributed by atoms with Gasteiger partial charge in [0.05, 0.1) is 27.8 Å². The molecule has 3 unspecified atom stereocenters. The van der Waals surface area contributed by atoms with Gasteiger partial charge in [-0.3, -0.25) is 4.79 Å². The molecule has 1 fully saturated rings. The van der Waals surface area contributed by atoms with E-state index < -0.39 is 53.3 Å². The molecule has 4 atom stereocenters. The van der Waals surface area contributed by atoms with E-state index in [9.17, 15) is 35.5 Å².